The molecule has 2 amide bonds. The highest BCUT2D eigenvalue weighted by molar-refractivity contribution is 6.25. The van der Waals surface area contributed by atoms with Crippen LogP contribution in [0.3, 0.4) is 0 Å². The molecule has 176 valence electrons. The van der Waals surface area contributed by atoms with Crippen molar-refractivity contribution in [3.63, 3.8) is 0 Å². The van der Waals surface area contributed by atoms with E-state index in [1.807, 2.05) is 4.90 Å². The number of amides is 2. The van der Waals surface area contributed by atoms with E-state index in [9.17, 15) is 24.6 Å². The van der Waals surface area contributed by atoms with Crippen molar-refractivity contribution in [3.8, 4) is 11.5 Å². The fraction of sp³-hybridized carbons (Fsp3) is 0.571. The molecule has 4 N–H and O–H groups in total. The van der Waals surface area contributed by atoms with Gasteiger partial charge >= 0.3 is 5.97 Å². The van der Waals surface area contributed by atoms with Crippen LogP contribution in [0.1, 0.15) is 35.7 Å². The van der Waals surface area contributed by atoms with Gasteiger partial charge in [-0.05, 0) is 23.9 Å². The average Bonchev–Trinajstić information content (AvgIpc) is 2.69. The van der Waals surface area contributed by atoms with Crippen LogP contribution in [0.2, 0.25) is 6.32 Å². The first-order valence-corrected chi connectivity index (χ1v) is 10.6. The minimum atomic E-state index is -1.29. The Hall–Kier alpha value is -2.79. The predicted octanol–water partition coefficient (Wildman–Crippen LogP) is -0.140. The average molecular weight is 449 g/mol. The summed E-state index contributed by atoms with van der Waals surface area (Å²) < 4.78 is 5.81. The van der Waals surface area contributed by atoms with Gasteiger partial charge in [0.1, 0.15) is 23.2 Å². The van der Waals surface area contributed by atoms with Crippen LogP contribution < -0.4 is 10.1 Å². The van der Waals surface area contributed by atoms with Crippen molar-refractivity contribution >= 4 is 25.3 Å². The summed E-state index contributed by atoms with van der Waals surface area (Å²) in [6.07, 6.45) is 0.137. The molecule has 0 aliphatic carbocycles. The maximum Gasteiger partial charge on any atom is 0.343 e. The molecule has 0 radical (unpaired) electrons. The zero-order chi connectivity index (χ0) is 24.0. The van der Waals surface area contributed by atoms with E-state index in [0.717, 1.165) is 0 Å². The molecule has 0 bridgehead atoms. The monoisotopic (exact) mass is 449 g/mol. The van der Waals surface area contributed by atoms with Gasteiger partial charge in [-0.25, -0.2) is 4.79 Å². The van der Waals surface area contributed by atoms with E-state index in [1.165, 1.54) is 11.0 Å². The zero-order valence-electron chi connectivity index (χ0n) is 19.0. The quantitative estimate of drug-likeness (QED) is 0.343. The molecular formula is C21H32BN3O7. The summed E-state index contributed by atoms with van der Waals surface area (Å²) in [5.74, 6) is -2.46. The molecule has 1 aliphatic heterocycles. The van der Waals surface area contributed by atoms with E-state index in [1.54, 1.807) is 34.0 Å². The third-order valence-electron chi connectivity index (χ3n) is 5.59. The number of carbonyl (C=O) groups is 3. The number of carboxylic acids is 1. The normalized spacial score (nSPS) is 15.9. The molecule has 32 heavy (non-hydrogen) atoms. The minimum Gasteiger partial charge on any atom is -0.507 e. The number of hydrogen-bond acceptors (Lipinski definition) is 7. The number of likely N-dealkylation sites (tertiary alicyclic amines) is 1. The molecule has 1 saturated heterocycles. The fourth-order valence-corrected chi connectivity index (χ4v) is 3.53. The van der Waals surface area contributed by atoms with Gasteiger partial charge in [0.15, 0.2) is 0 Å². The van der Waals surface area contributed by atoms with Crippen molar-refractivity contribution in [3.05, 3.63) is 23.3 Å². The van der Waals surface area contributed by atoms with Gasteiger partial charge in [-0.15, -0.1) is 0 Å². The Morgan fingerprint density at radius 2 is 1.94 bits per heavy atom. The Bertz CT molecular complexity index is 843. The van der Waals surface area contributed by atoms with E-state index >= 15 is 0 Å². The molecule has 1 heterocycles. The van der Waals surface area contributed by atoms with Gasteiger partial charge in [-0.2, -0.15) is 0 Å². The molecule has 0 unspecified atom stereocenters. The number of carbonyl (C=O) groups excluding carboxylic acids is 2. The lowest BCUT2D eigenvalue weighted by atomic mass is 9.81. The Kier molecular flexibility index (Phi) is 8.91. The Balaban J connectivity index is 1.91. The van der Waals surface area contributed by atoms with Gasteiger partial charge in [0, 0.05) is 39.6 Å². The predicted molar refractivity (Wildman–Crippen MR) is 119 cm³/mol. The largest absolute Gasteiger partial charge is 0.507 e. The van der Waals surface area contributed by atoms with E-state index in [-0.39, 0.29) is 60.8 Å². The number of phenols is 1. The Labute approximate surface area is 188 Å². The number of benzene rings is 1. The lowest BCUT2D eigenvalue weighted by Crippen LogP contribution is -2.56. The highest BCUT2D eigenvalue weighted by atomic mass is 16.5. The number of hydrogen-bond donors (Lipinski definition) is 4. The van der Waals surface area contributed by atoms with Crippen LogP contribution in [0.4, 0.5) is 0 Å². The maximum atomic E-state index is 12.2. The number of ether oxygens (including phenoxy) is 1. The molecule has 1 fully saturated rings. The summed E-state index contributed by atoms with van der Waals surface area (Å²) in [6, 6.07) is 3.15. The second-order valence-electron chi connectivity index (χ2n) is 8.46. The summed E-state index contributed by atoms with van der Waals surface area (Å²) >= 11 is 0. The second-order valence-corrected chi connectivity index (χ2v) is 8.46. The van der Waals surface area contributed by atoms with E-state index in [0.29, 0.717) is 31.5 Å². The first-order valence-electron chi connectivity index (χ1n) is 10.6. The molecular weight excluding hydrogens is 417 g/mol. The topological polar surface area (TPSA) is 140 Å². The number of nitrogens with zero attached hydrogens (tertiary/aromatic N) is 2. The number of aromatic hydroxyl groups is 1. The van der Waals surface area contributed by atoms with Crippen LogP contribution in [0.15, 0.2) is 12.1 Å². The smallest absolute Gasteiger partial charge is 0.343 e. The van der Waals surface area contributed by atoms with Gasteiger partial charge in [-0.1, -0.05) is 19.9 Å². The number of nitrogens with one attached hydrogen (secondary N) is 1. The number of aromatic carboxylic acids is 1. The Morgan fingerprint density at radius 3 is 2.50 bits per heavy atom. The van der Waals surface area contributed by atoms with Crippen LogP contribution in [-0.2, 0) is 9.59 Å². The molecule has 10 nitrogen and oxygen atoms in total. The Morgan fingerprint density at radius 1 is 1.28 bits per heavy atom. The lowest BCUT2D eigenvalue weighted by molar-refractivity contribution is -0.132. The summed E-state index contributed by atoms with van der Waals surface area (Å²) in [6.45, 7) is 5.03. The van der Waals surface area contributed by atoms with Crippen molar-refractivity contribution in [2.24, 2.45) is 5.92 Å². The second kappa shape index (κ2) is 11.2. The molecule has 0 saturated carbocycles. The molecule has 1 aliphatic rings. The summed E-state index contributed by atoms with van der Waals surface area (Å²) in [5, 5.41) is 31.8. The fourth-order valence-electron chi connectivity index (χ4n) is 3.53. The highest BCUT2D eigenvalue weighted by Crippen LogP contribution is 2.37. The maximum absolute atomic E-state index is 12.2. The summed E-state index contributed by atoms with van der Waals surface area (Å²) in [5.41, 5.74) is 0.163. The third-order valence-corrected chi connectivity index (χ3v) is 5.59. The van der Waals surface area contributed by atoms with Crippen LogP contribution in [0.5, 0.6) is 11.5 Å². The SMILES string of the molecule is C[C@@H](CN1CC(Oc2ccc([C@@H](C)CBO)c(O)c2C(=O)O)C1)C(=O)NCC(=O)N(C)C. The molecule has 11 heteroatoms. The molecule has 2 rings (SSSR count). The van der Waals surface area contributed by atoms with Crippen molar-refractivity contribution in [2.45, 2.75) is 32.2 Å². The number of carboxylic acid groups (broad SMARTS) is 1. The van der Waals surface area contributed by atoms with E-state index < -0.39 is 5.97 Å². The lowest BCUT2D eigenvalue weighted by Gasteiger charge is -2.40. The third kappa shape index (κ3) is 6.36. The van der Waals surface area contributed by atoms with Crippen LogP contribution in [0.25, 0.3) is 0 Å². The van der Waals surface area contributed by atoms with Crippen LogP contribution >= 0.6 is 0 Å². The van der Waals surface area contributed by atoms with Crippen molar-refractivity contribution in [1.29, 1.82) is 0 Å². The first kappa shape index (κ1) is 25.5. The minimum absolute atomic E-state index is 0.0454. The zero-order valence-corrected chi connectivity index (χ0v) is 19.0. The molecule has 1 aromatic rings. The van der Waals surface area contributed by atoms with Gasteiger partial charge in [0.25, 0.3) is 7.48 Å². The highest BCUT2D eigenvalue weighted by Gasteiger charge is 2.33. The van der Waals surface area contributed by atoms with Crippen molar-refractivity contribution in [1.82, 2.24) is 15.1 Å². The number of rotatable bonds is 11. The van der Waals surface area contributed by atoms with Crippen LogP contribution in [-0.4, -0.2) is 96.7 Å². The molecule has 0 spiro atoms. The van der Waals surface area contributed by atoms with Gasteiger partial charge < -0.3 is 30.2 Å². The van der Waals surface area contributed by atoms with Gasteiger partial charge in [0.05, 0.1) is 6.54 Å². The first-order chi connectivity index (χ1) is 15.0. The van der Waals surface area contributed by atoms with Gasteiger partial charge in [0.2, 0.25) is 11.8 Å². The standard InChI is InChI=1S/C21H32BN3O7/c1-12(7-22-31)15-5-6-16(18(19(15)27)21(29)30)32-14-10-25(11-14)9-13(2)20(28)23-8-17(26)24(3)4/h5-6,12-14,22,27,31H,7-11H2,1-4H3,(H,23,28)(H,29,30)/t12-,13-/m0/s1. The molecule has 2 atom stereocenters. The van der Waals surface area contributed by atoms with Gasteiger partial charge in [-0.3, -0.25) is 14.5 Å². The van der Waals surface area contributed by atoms with Crippen molar-refractivity contribution < 1.29 is 34.4 Å². The number of likely N-dealkylation sites (N-methyl/N-ethyl adjacent to an activating group) is 1. The molecule has 1 aromatic carbocycles. The van der Waals surface area contributed by atoms with E-state index in [2.05, 4.69) is 5.32 Å². The summed E-state index contributed by atoms with van der Waals surface area (Å²) in [4.78, 5) is 38.9. The van der Waals surface area contributed by atoms with E-state index in [4.69, 9.17) is 9.76 Å². The van der Waals surface area contributed by atoms with Crippen LogP contribution in [0, 0.1) is 5.92 Å². The summed E-state index contributed by atoms with van der Waals surface area (Å²) in [7, 11) is 3.18. The van der Waals surface area contributed by atoms with Crippen molar-refractivity contribution in [2.75, 3.05) is 40.3 Å². The molecule has 0 aromatic heterocycles.